The number of hydrazine groups is 1. The van der Waals surface area contributed by atoms with Crippen molar-refractivity contribution in [2.24, 2.45) is 11.8 Å². The van der Waals surface area contributed by atoms with Gasteiger partial charge in [-0.2, -0.15) is 0 Å². The van der Waals surface area contributed by atoms with Crippen LogP contribution in [0.1, 0.15) is 51.9 Å². The van der Waals surface area contributed by atoms with Gasteiger partial charge in [-0.25, -0.2) is 8.42 Å². The van der Waals surface area contributed by atoms with Crippen molar-refractivity contribution in [1.82, 2.24) is 5.43 Å². The first-order valence-corrected chi connectivity index (χ1v) is 8.57. The Kier molecular flexibility index (Phi) is 6.44. The highest BCUT2D eigenvalue weighted by atomic mass is 32.2. The van der Waals surface area contributed by atoms with Crippen LogP contribution in [0.2, 0.25) is 0 Å². The molecular formula is C12H26N2O2S. The zero-order valence-corrected chi connectivity index (χ0v) is 11.6. The van der Waals surface area contributed by atoms with E-state index in [9.17, 15) is 8.42 Å². The quantitative estimate of drug-likeness (QED) is 0.540. The second kappa shape index (κ2) is 7.34. The van der Waals surface area contributed by atoms with Crippen LogP contribution in [0, 0.1) is 5.92 Å². The van der Waals surface area contributed by atoms with E-state index in [1.807, 2.05) is 0 Å². The minimum absolute atomic E-state index is 0.247. The predicted molar refractivity (Wildman–Crippen MR) is 71.2 cm³/mol. The second-order valence-corrected chi connectivity index (χ2v) is 7.52. The molecule has 1 aliphatic carbocycles. The summed E-state index contributed by atoms with van der Waals surface area (Å²) in [4.78, 5) is 0. The standard InChI is InChI=1S/C12H26N2O2S/c1-2-17(15,16)10-6-9-12(14-13)11-7-4-3-5-8-11/h11-12,14H,2-10,13H2,1H3. The highest BCUT2D eigenvalue weighted by Crippen LogP contribution is 2.28. The molecule has 17 heavy (non-hydrogen) atoms. The van der Waals surface area contributed by atoms with Crippen LogP contribution in [-0.4, -0.2) is 26.0 Å². The molecule has 1 aliphatic rings. The monoisotopic (exact) mass is 262 g/mol. The summed E-state index contributed by atoms with van der Waals surface area (Å²) in [6.07, 6.45) is 7.97. The van der Waals surface area contributed by atoms with Crippen molar-refractivity contribution in [2.75, 3.05) is 11.5 Å². The van der Waals surface area contributed by atoms with Gasteiger partial charge in [-0.05, 0) is 31.6 Å². The lowest BCUT2D eigenvalue weighted by atomic mass is 9.82. The Labute approximate surface area is 105 Å². The molecule has 0 bridgehead atoms. The number of hydrogen-bond donors (Lipinski definition) is 2. The van der Waals surface area contributed by atoms with E-state index in [-0.39, 0.29) is 5.75 Å². The molecular weight excluding hydrogens is 236 g/mol. The van der Waals surface area contributed by atoms with Gasteiger partial charge >= 0.3 is 0 Å². The maximum atomic E-state index is 11.4. The highest BCUT2D eigenvalue weighted by molar-refractivity contribution is 7.91. The Bertz CT molecular complexity index is 298. The van der Waals surface area contributed by atoms with Crippen LogP contribution >= 0.6 is 0 Å². The van der Waals surface area contributed by atoms with Crippen molar-refractivity contribution in [1.29, 1.82) is 0 Å². The van der Waals surface area contributed by atoms with E-state index in [1.165, 1.54) is 32.1 Å². The molecule has 1 rings (SSSR count). The number of nitrogens with one attached hydrogen (secondary N) is 1. The fraction of sp³-hybridized carbons (Fsp3) is 1.00. The zero-order valence-electron chi connectivity index (χ0n) is 10.8. The summed E-state index contributed by atoms with van der Waals surface area (Å²) in [5.41, 5.74) is 2.88. The largest absolute Gasteiger partial charge is 0.271 e. The van der Waals surface area contributed by atoms with Crippen molar-refractivity contribution in [3.8, 4) is 0 Å². The molecule has 0 aliphatic heterocycles. The smallest absolute Gasteiger partial charge is 0.150 e. The van der Waals surface area contributed by atoms with Gasteiger partial charge in [-0.1, -0.05) is 26.2 Å². The Hall–Kier alpha value is -0.130. The number of sulfone groups is 1. The van der Waals surface area contributed by atoms with Gasteiger partial charge in [0.2, 0.25) is 0 Å². The van der Waals surface area contributed by atoms with Crippen LogP contribution in [-0.2, 0) is 9.84 Å². The van der Waals surface area contributed by atoms with Crippen LogP contribution < -0.4 is 11.3 Å². The van der Waals surface area contributed by atoms with E-state index in [0.29, 0.717) is 17.7 Å². The van der Waals surface area contributed by atoms with Crippen molar-refractivity contribution in [3.05, 3.63) is 0 Å². The lowest BCUT2D eigenvalue weighted by molar-refractivity contribution is 0.258. The van der Waals surface area contributed by atoms with Gasteiger partial charge in [0.15, 0.2) is 0 Å². The highest BCUT2D eigenvalue weighted by Gasteiger charge is 2.22. The molecule has 0 heterocycles. The minimum atomic E-state index is -2.82. The molecule has 0 amide bonds. The number of hydrogen-bond acceptors (Lipinski definition) is 4. The van der Waals surface area contributed by atoms with Crippen LogP contribution in [0.15, 0.2) is 0 Å². The number of rotatable bonds is 7. The van der Waals surface area contributed by atoms with E-state index in [2.05, 4.69) is 5.43 Å². The predicted octanol–water partition coefficient (Wildman–Crippen LogP) is 1.61. The molecule has 1 saturated carbocycles. The molecule has 1 unspecified atom stereocenters. The average Bonchev–Trinajstić information content (AvgIpc) is 2.36. The van der Waals surface area contributed by atoms with Gasteiger partial charge in [0, 0.05) is 11.8 Å². The number of nitrogens with two attached hydrogens (primary N) is 1. The van der Waals surface area contributed by atoms with E-state index in [1.54, 1.807) is 6.92 Å². The summed E-state index contributed by atoms with van der Waals surface area (Å²) < 4.78 is 22.8. The lowest BCUT2D eigenvalue weighted by Gasteiger charge is -2.29. The average molecular weight is 262 g/mol. The molecule has 0 aromatic heterocycles. The third kappa shape index (κ3) is 5.36. The molecule has 102 valence electrons. The van der Waals surface area contributed by atoms with Crippen LogP contribution in [0.25, 0.3) is 0 Å². The van der Waals surface area contributed by atoms with Crippen LogP contribution in [0.4, 0.5) is 0 Å². The summed E-state index contributed by atoms with van der Waals surface area (Å²) in [5.74, 6) is 6.77. The first-order valence-electron chi connectivity index (χ1n) is 6.75. The summed E-state index contributed by atoms with van der Waals surface area (Å²) in [6.45, 7) is 1.70. The van der Waals surface area contributed by atoms with Crippen molar-refractivity contribution < 1.29 is 8.42 Å². The molecule has 0 aromatic carbocycles. The van der Waals surface area contributed by atoms with Gasteiger partial charge in [-0.3, -0.25) is 11.3 Å². The normalized spacial score (nSPS) is 20.4. The third-order valence-corrected chi connectivity index (χ3v) is 5.63. The summed E-state index contributed by atoms with van der Waals surface area (Å²) in [7, 11) is -2.82. The topological polar surface area (TPSA) is 72.2 Å². The van der Waals surface area contributed by atoms with Gasteiger partial charge in [0.1, 0.15) is 9.84 Å². The minimum Gasteiger partial charge on any atom is -0.271 e. The third-order valence-electron chi connectivity index (χ3n) is 3.84. The first-order chi connectivity index (χ1) is 8.09. The Balaban J connectivity index is 2.31. The molecule has 1 fully saturated rings. The van der Waals surface area contributed by atoms with Gasteiger partial charge in [-0.15, -0.1) is 0 Å². The van der Waals surface area contributed by atoms with E-state index < -0.39 is 9.84 Å². The summed E-state index contributed by atoms with van der Waals surface area (Å²) in [6, 6.07) is 0.294. The van der Waals surface area contributed by atoms with Crippen molar-refractivity contribution in [2.45, 2.75) is 57.9 Å². The molecule has 1 atom stereocenters. The summed E-state index contributed by atoms with van der Waals surface area (Å²) in [5, 5.41) is 0. The van der Waals surface area contributed by atoms with E-state index in [0.717, 1.165) is 12.8 Å². The first kappa shape index (κ1) is 14.9. The maximum absolute atomic E-state index is 11.4. The van der Waals surface area contributed by atoms with Crippen LogP contribution in [0.3, 0.4) is 0 Å². The Morgan fingerprint density at radius 1 is 1.29 bits per heavy atom. The van der Waals surface area contributed by atoms with E-state index in [4.69, 9.17) is 5.84 Å². The molecule has 0 saturated heterocycles. The molecule has 0 radical (unpaired) electrons. The maximum Gasteiger partial charge on any atom is 0.150 e. The zero-order chi connectivity index (χ0) is 12.7. The van der Waals surface area contributed by atoms with Gasteiger partial charge < -0.3 is 0 Å². The molecule has 5 heteroatoms. The molecule has 0 spiro atoms. The molecule has 3 N–H and O–H groups in total. The van der Waals surface area contributed by atoms with Crippen LogP contribution in [0.5, 0.6) is 0 Å². The van der Waals surface area contributed by atoms with E-state index >= 15 is 0 Å². The van der Waals surface area contributed by atoms with Crippen molar-refractivity contribution in [3.63, 3.8) is 0 Å². The fourth-order valence-corrected chi connectivity index (χ4v) is 3.55. The fourth-order valence-electron chi connectivity index (χ4n) is 2.66. The Morgan fingerprint density at radius 3 is 2.47 bits per heavy atom. The van der Waals surface area contributed by atoms with Gasteiger partial charge in [0.25, 0.3) is 0 Å². The Morgan fingerprint density at radius 2 is 1.94 bits per heavy atom. The van der Waals surface area contributed by atoms with Gasteiger partial charge in [0.05, 0.1) is 5.75 Å². The summed E-state index contributed by atoms with van der Waals surface area (Å²) >= 11 is 0. The second-order valence-electron chi connectivity index (χ2n) is 5.05. The lowest BCUT2D eigenvalue weighted by Crippen LogP contribution is -2.41. The molecule has 4 nitrogen and oxygen atoms in total. The molecule has 0 aromatic rings. The van der Waals surface area contributed by atoms with Crippen molar-refractivity contribution >= 4 is 9.84 Å². The SMILES string of the molecule is CCS(=O)(=O)CCCC(NN)C1CCCCC1.